The minimum absolute atomic E-state index is 0.144. The van der Waals surface area contributed by atoms with Crippen molar-refractivity contribution < 1.29 is 19.2 Å². The molecule has 0 saturated heterocycles. The Hall–Kier alpha value is -3.31. The Morgan fingerprint density at radius 2 is 1.91 bits per heavy atom. The minimum atomic E-state index is -0.720. The number of thioether (sulfide) groups is 1. The summed E-state index contributed by atoms with van der Waals surface area (Å²) in [7, 11) is 2.73. The number of halogens is 1. The second kappa shape index (κ2) is 10.3. The van der Waals surface area contributed by atoms with E-state index in [1.54, 1.807) is 4.57 Å². The van der Waals surface area contributed by atoms with Gasteiger partial charge < -0.3 is 9.47 Å². The van der Waals surface area contributed by atoms with Crippen LogP contribution in [0.15, 0.2) is 41.6 Å². The van der Waals surface area contributed by atoms with Crippen LogP contribution in [0.2, 0.25) is 5.02 Å². The predicted molar refractivity (Wildman–Crippen MR) is 121 cm³/mol. The number of anilines is 1. The van der Waals surface area contributed by atoms with Gasteiger partial charge in [0.15, 0.2) is 16.7 Å². The third-order valence-electron chi connectivity index (χ3n) is 4.52. The molecule has 3 rings (SSSR count). The Kier molecular flexibility index (Phi) is 7.54. The summed E-state index contributed by atoms with van der Waals surface area (Å²) in [5.74, 6) is 0.347. The Morgan fingerprint density at radius 3 is 2.53 bits per heavy atom. The van der Waals surface area contributed by atoms with E-state index in [0.717, 1.165) is 11.6 Å². The van der Waals surface area contributed by atoms with Crippen LogP contribution in [-0.2, 0) is 12.3 Å². The number of carbonyl (C=O) groups is 1. The summed E-state index contributed by atoms with van der Waals surface area (Å²) in [5, 5.41) is 23.5. The molecule has 2 aromatic carbocycles. The molecule has 0 fully saturated rings. The lowest BCUT2D eigenvalue weighted by atomic mass is 10.1. The van der Waals surface area contributed by atoms with Gasteiger partial charge in [-0.05, 0) is 18.6 Å². The summed E-state index contributed by atoms with van der Waals surface area (Å²) in [5.41, 5.74) is 0.330. The van der Waals surface area contributed by atoms with Gasteiger partial charge in [-0.25, -0.2) is 0 Å². The fraction of sp³-hybridized carbons (Fsp3) is 0.250. The quantitative estimate of drug-likeness (QED) is 0.273. The molecule has 32 heavy (non-hydrogen) atoms. The lowest BCUT2D eigenvalue weighted by molar-refractivity contribution is -0.385. The minimum Gasteiger partial charge on any atom is -0.493 e. The van der Waals surface area contributed by atoms with Gasteiger partial charge in [0, 0.05) is 23.4 Å². The van der Waals surface area contributed by atoms with Crippen LogP contribution < -0.4 is 14.8 Å². The van der Waals surface area contributed by atoms with Crippen molar-refractivity contribution in [2.24, 2.45) is 0 Å². The third-order valence-corrected chi connectivity index (χ3v) is 5.90. The molecule has 168 valence electrons. The topological polar surface area (TPSA) is 121 Å². The van der Waals surface area contributed by atoms with Crippen molar-refractivity contribution in [3.8, 4) is 11.5 Å². The highest BCUT2D eigenvalue weighted by Gasteiger charge is 2.26. The van der Waals surface area contributed by atoms with E-state index >= 15 is 0 Å². The monoisotopic (exact) mass is 477 g/mol. The first-order valence-electron chi connectivity index (χ1n) is 9.40. The highest BCUT2D eigenvalue weighted by atomic mass is 35.5. The van der Waals surface area contributed by atoms with Crippen molar-refractivity contribution in [2.75, 3.05) is 19.5 Å². The highest BCUT2D eigenvalue weighted by Crippen LogP contribution is 2.35. The van der Waals surface area contributed by atoms with Gasteiger partial charge in [0.1, 0.15) is 5.56 Å². The number of ether oxygens (including phenoxy) is 2. The zero-order valence-corrected chi connectivity index (χ0v) is 19.1. The van der Waals surface area contributed by atoms with Crippen LogP contribution in [0.5, 0.6) is 11.5 Å². The molecule has 10 nitrogen and oxygen atoms in total. The Bertz CT molecular complexity index is 1150. The number of methoxy groups -OCH3 is 2. The van der Waals surface area contributed by atoms with Crippen LogP contribution in [-0.4, -0.2) is 39.8 Å². The lowest BCUT2D eigenvalue weighted by Gasteiger charge is -2.11. The van der Waals surface area contributed by atoms with Gasteiger partial charge in [-0.3, -0.25) is 24.8 Å². The molecule has 0 aliphatic heterocycles. The fourth-order valence-corrected chi connectivity index (χ4v) is 4.19. The highest BCUT2D eigenvalue weighted by molar-refractivity contribution is 7.98. The van der Waals surface area contributed by atoms with Gasteiger partial charge in [-0.2, -0.15) is 0 Å². The average Bonchev–Trinajstić information content (AvgIpc) is 3.18. The van der Waals surface area contributed by atoms with Crippen molar-refractivity contribution in [1.82, 2.24) is 14.8 Å². The SMILES string of the molecule is CCn1c(NC(=O)c2cc(OC)c(OC)cc2[N+](=O)[O-])nnc1SCc1ccccc1Cl. The van der Waals surface area contributed by atoms with Crippen molar-refractivity contribution >= 4 is 40.9 Å². The summed E-state index contributed by atoms with van der Waals surface area (Å²) in [6, 6.07) is 9.87. The van der Waals surface area contributed by atoms with Crippen molar-refractivity contribution in [2.45, 2.75) is 24.4 Å². The molecule has 0 aliphatic rings. The number of hydrogen-bond donors (Lipinski definition) is 1. The summed E-state index contributed by atoms with van der Waals surface area (Å²) < 4.78 is 12.0. The number of rotatable bonds is 9. The molecule has 12 heteroatoms. The van der Waals surface area contributed by atoms with Crippen LogP contribution in [0.3, 0.4) is 0 Å². The molecule has 0 spiro atoms. The molecular weight excluding hydrogens is 458 g/mol. The van der Waals surface area contributed by atoms with Crippen LogP contribution in [0.4, 0.5) is 11.6 Å². The zero-order chi connectivity index (χ0) is 23.3. The van der Waals surface area contributed by atoms with E-state index in [2.05, 4.69) is 15.5 Å². The molecule has 1 aromatic heterocycles. The standard InChI is InChI=1S/C20H20ClN5O5S/c1-4-25-19(23-24-20(25)32-11-12-7-5-6-8-14(12)21)22-18(27)13-9-16(30-2)17(31-3)10-15(13)26(28)29/h5-10H,4,11H2,1-3H3,(H,22,23,27). The van der Waals surface area contributed by atoms with Crippen LogP contribution in [0.1, 0.15) is 22.8 Å². The Labute approximate surface area is 193 Å². The summed E-state index contributed by atoms with van der Waals surface area (Å²) >= 11 is 7.62. The van der Waals surface area contributed by atoms with E-state index in [4.69, 9.17) is 21.1 Å². The van der Waals surface area contributed by atoms with Gasteiger partial charge in [-0.15, -0.1) is 10.2 Å². The summed E-state index contributed by atoms with van der Waals surface area (Å²) in [4.78, 5) is 23.7. The Morgan fingerprint density at radius 1 is 1.22 bits per heavy atom. The van der Waals surface area contributed by atoms with Gasteiger partial charge >= 0.3 is 0 Å². The normalized spacial score (nSPS) is 10.6. The summed E-state index contributed by atoms with van der Waals surface area (Å²) in [6.07, 6.45) is 0. The molecule has 1 amide bonds. The molecule has 1 heterocycles. The van der Waals surface area contributed by atoms with E-state index < -0.39 is 16.5 Å². The van der Waals surface area contributed by atoms with Crippen molar-refractivity contribution in [3.05, 3.63) is 62.7 Å². The van der Waals surface area contributed by atoms with Crippen LogP contribution >= 0.6 is 23.4 Å². The second-order valence-corrected chi connectivity index (χ2v) is 7.72. The predicted octanol–water partition coefficient (Wildman–Crippen LogP) is 4.42. The fourth-order valence-electron chi connectivity index (χ4n) is 2.90. The van der Waals surface area contributed by atoms with Crippen LogP contribution in [0.25, 0.3) is 0 Å². The van der Waals surface area contributed by atoms with Gasteiger partial charge in [0.05, 0.1) is 25.2 Å². The molecule has 1 N–H and O–H groups in total. The number of nitro benzene ring substituents is 1. The smallest absolute Gasteiger partial charge is 0.286 e. The van der Waals surface area contributed by atoms with E-state index in [0.29, 0.717) is 22.5 Å². The molecule has 3 aromatic rings. The number of nitrogens with one attached hydrogen (secondary N) is 1. The van der Waals surface area contributed by atoms with Crippen molar-refractivity contribution in [3.63, 3.8) is 0 Å². The maximum absolute atomic E-state index is 12.9. The number of nitrogens with zero attached hydrogens (tertiary/aromatic N) is 4. The first-order chi connectivity index (χ1) is 15.4. The van der Waals surface area contributed by atoms with Crippen molar-refractivity contribution in [1.29, 1.82) is 0 Å². The first kappa shape index (κ1) is 23.4. The van der Waals surface area contributed by atoms with E-state index in [9.17, 15) is 14.9 Å². The van der Waals surface area contributed by atoms with Crippen LogP contribution in [0, 0.1) is 10.1 Å². The zero-order valence-electron chi connectivity index (χ0n) is 17.5. The van der Waals surface area contributed by atoms with Gasteiger partial charge in [0.2, 0.25) is 5.95 Å². The van der Waals surface area contributed by atoms with Gasteiger partial charge in [0.25, 0.3) is 11.6 Å². The number of nitro groups is 1. The molecule has 0 bridgehead atoms. The first-order valence-corrected chi connectivity index (χ1v) is 10.8. The molecular formula is C20H20ClN5O5S. The van der Waals surface area contributed by atoms with E-state index in [1.807, 2.05) is 31.2 Å². The number of aromatic nitrogens is 3. The average molecular weight is 478 g/mol. The van der Waals surface area contributed by atoms with E-state index in [1.165, 1.54) is 32.0 Å². The molecule has 0 aliphatic carbocycles. The van der Waals surface area contributed by atoms with E-state index in [-0.39, 0.29) is 23.0 Å². The Balaban J connectivity index is 1.85. The maximum atomic E-state index is 12.9. The number of carbonyl (C=O) groups excluding carboxylic acids is 1. The molecule has 0 unspecified atom stereocenters. The molecule has 0 radical (unpaired) electrons. The lowest BCUT2D eigenvalue weighted by Crippen LogP contribution is -2.17. The largest absolute Gasteiger partial charge is 0.493 e. The maximum Gasteiger partial charge on any atom is 0.286 e. The molecule has 0 atom stereocenters. The van der Waals surface area contributed by atoms with Gasteiger partial charge in [-0.1, -0.05) is 41.6 Å². The second-order valence-electron chi connectivity index (χ2n) is 6.37. The number of hydrogen-bond acceptors (Lipinski definition) is 8. The summed E-state index contributed by atoms with van der Waals surface area (Å²) in [6.45, 7) is 2.35. The third kappa shape index (κ3) is 4.94. The molecule has 0 saturated carbocycles. The number of benzene rings is 2. The number of amides is 1.